The second-order valence-corrected chi connectivity index (χ2v) is 6.95. The van der Waals surface area contributed by atoms with E-state index in [-0.39, 0.29) is 0 Å². The number of hydrogen-bond acceptors (Lipinski definition) is 2. The summed E-state index contributed by atoms with van der Waals surface area (Å²) in [4.78, 5) is 2.80. The number of nitrogens with zero attached hydrogens (tertiary/aromatic N) is 1. The van der Waals surface area contributed by atoms with Crippen molar-refractivity contribution in [3.63, 3.8) is 0 Å². The molecule has 0 radical (unpaired) electrons. The molecule has 2 heteroatoms. The molecule has 106 valence electrons. The van der Waals surface area contributed by atoms with Crippen LogP contribution in [-0.2, 0) is 0 Å². The lowest BCUT2D eigenvalue weighted by atomic mass is 9.88. The maximum absolute atomic E-state index is 3.80. The van der Waals surface area contributed by atoms with Gasteiger partial charge in [0.25, 0.3) is 0 Å². The van der Waals surface area contributed by atoms with Crippen LogP contribution >= 0.6 is 0 Å². The van der Waals surface area contributed by atoms with Crippen molar-refractivity contribution < 1.29 is 0 Å². The van der Waals surface area contributed by atoms with Gasteiger partial charge in [0.1, 0.15) is 0 Å². The van der Waals surface area contributed by atoms with E-state index in [2.05, 4.69) is 37.9 Å². The quantitative estimate of drug-likeness (QED) is 0.780. The smallest absolute Gasteiger partial charge is 0.0278 e. The molecule has 0 bridgehead atoms. The van der Waals surface area contributed by atoms with E-state index in [1.165, 1.54) is 51.7 Å². The van der Waals surface area contributed by atoms with E-state index >= 15 is 0 Å². The third kappa shape index (κ3) is 3.48. The molecule has 1 N–H and O–H groups in total. The van der Waals surface area contributed by atoms with Crippen molar-refractivity contribution >= 4 is 0 Å². The van der Waals surface area contributed by atoms with E-state index in [0.29, 0.717) is 5.54 Å². The lowest BCUT2D eigenvalue weighted by molar-refractivity contribution is 0.0530. The first kappa shape index (κ1) is 14.3. The van der Waals surface area contributed by atoms with E-state index in [1.807, 2.05) is 0 Å². The van der Waals surface area contributed by atoms with E-state index in [4.69, 9.17) is 0 Å². The molecule has 3 atom stereocenters. The number of rotatable bonds is 6. The molecular formula is C16H32N2. The van der Waals surface area contributed by atoms with Gasteiger partial charge in [-0.05, 0) is 38.1 Å². The van der Waals surface area contributed by atoms with Gasteiger partial charge in [-0.2, -0.15) is 0 Å². The fraction of sp³-hybridized carbons (Fsp3) is 1.00. The summed E-state index contributed by atoms with van der Waals surface area (Å²) in [5.41, 5.74) is 0.341. The number of nitrogens with one attached hydrogen (secondary N) is 1. The second-order valence-electron chi connectivity index (χ2n) is 6.95. The first-order valence-corrected chi connectivity index (χ1v) is 8.07. The van der Waals surface area contributed by atoms with Crippen molar-refractivity contribution in [2.24, 2.45) is 11.8 Å². The van der Waals surface area contributed by atoms with Crippen LogP contribution in [0.3, 0.4) is 0 Å². The van der Waals surface area contributed by atoms with Crippen LogP contribution in [0.15, 0.2) is 0 Å². The molecule has 18 heavy (non-hydrogen) atoms. The second kappa shape index (κ2) is 5.92. The molecule has 2 aliphatic rings. The highest BCUT2D eigenvalue weighted by Gasteiger charge is 2.36. The summed E-state index contributed by atoms with van der Waals surface area (Å²) in [5, 5.41) is 3.80. The lowest BCUT2D eigenvalue weighted by Gasteiger charge is -2.48. The monoisotopic (exact) mass is 252 g/mol. The fourth-order valence-corrected chi connectivity index (χ4v) is 3.17. The average Bonchev–Trinajstić information content (AvgIpc) is 3.20. The van der Waals surface area contributed by atoms with Crippen LogP contribution in [0.25, 0.3) is 0 Å². The molecule has 1 aliphatic heterocycles. The molecule has 2 nitrogen and oxygen atoms in total. The molecule has 0 aromatic carbocycles. The Morgan fingerprint density at radius 3 is 2.61 bits per heavy atom. The molecule has 1 aliphatic carbocycles. The third-order valence-electron chi connectivity index (χ3n) is 5.36. The highest BCUT2D eigenvalue weighted by atomic mass is 15.3. The first-order valence-electron chi connectivity index (χ1n) is 8.07. The highest BCUT2D eigenvalue weighted by molar-refractivity contribution is 4.96. The summed E-state index contributed by atoms with van der Waals surface area (Å²) in [6, 6.07) is 0.758. The summed E-state index contributed by atoms with van der Waals surface area (Å²) in [6.45, 7) is 13.2. The van der Waals surface area contributed by atoms with Crippen molar-refractivity contribution in [3.8, 4) is 0 Å². The van der Waals surface area contributed by atoms with Gasteiger partial charge >= 0.3 is 0 Å². The molecule has 0 spiro atoms. The third-order valence-corrected chi connectivity index (χ3v) is 5.36. The van der Waals surface area contributed by atoms with Crippen LogP contribution in [0.5, 0.6) is 0 Å². The van der Waals surface area contributed by atoms with Crippen LogP contribution in [0.1, 0.15) is 59.8 Å². The van der Waals surface area contributed by atoms with Crippen molar-refractivity contribution in [3.05, 3.63) is 0 Å². The Labute approximate surface area is 114 Å². The molecule has 3 unspecified atom stereocenters. The lowest BCUT2D eigenvalue weighted by Crippen LogP contribution is -2.64. The summed E-state index contributed by atoms with van der Waals surface area (Å²) >= 11 is 0. The standard InChI is InChI=1S/C16H32N2/c1-5-13(3)15-11-17-16(4,6-2)12-18(15)10-9-14-7-8-14/h13-15,17H,5-12H2,1-4H3. The summed E-state index contributed by atoms with van der Waals surface area (Å²) in [5.74, 6) is 1.88. The van der Waals surface area contributed by atoms with Crippen molar-refractivity contribution in [2.45, 2.75) is 71.4 Å². The predicted molar refractivity (Wildman–Crippen MR) is 78.9 cm³/mol. The van der Waals surface area contributed by atoms with Gasteiger partial charge < -0.3 is 5.32 Å². The Balaban J connectivity index is 1.95. The maximum Gasteiger partial charge on any atom is 0.0278 e. The fourth-order valence-electron chi connectivity index (χ4n) is 3.17. The largest absolute Gasteiger partial charge is 0.309 e. The zero-order valence-corrected chi connectivity index (χ0v) is 12.8. The van der Waals surface area contributed by atoms with E-state index in [9.17, 15) is 0 Å². The zero-order chi connectivity index (χ0) is 13.2. The van der Waals surface area contributed by atoms with Crippen LogP contribution in [0.4, 0.5) is 0 Å². The normalized spacial score (nSPS) is 35.7. The number of piperazine rings is 1. The van der Waals surface area contributed by atoms with Crippen LogP contribution in [0, 0.1) is 11.8 Å². The Morgan fingerprint density at radius 2 is 2.06 bits per heavy atom. The zero-order valence-electron chi connectivity index (χ0n) is 12.8. The Morgan fingerprint density at radius 1 is 1.33 bits per heavy atom. The summed E-state index contributed by atoms with van der Waals surface area (Å²) in [6.07, 6.45) is 6.96. The van der Waals surface area contributed by atoms with Gasteiger partial charge in [-0.15, -0.1) is 0 Å². The van der Waals surface area contributed by atoms with Gasteiger partial charge in [0.2, 0.25) is 0 Å². The van der Waals surface area contributed by atoms with Crippen LogP contribution < -0.4 is 5.32 Å². The topological polar surface area (TPSA) is 15.3 Å². The minimum Gasteiger partial charge on any atom is -0.309 e. The molecule has 1 saturated carbocycles. The molecule has 0 aromatic heterocycles. The van der Waals surface area contributed by atoms with Crippen molar-refractivity contribution in [1.29, 1.82) is 0 Å². The van der Waals surface area contributed by atoms with Gasteiger partial charge in [-0.3, -0.25) is 4.90 Å². The van der Waals surface area contributed by atoms with Gasteiger partial charge in [0.15, 0.2) is 0 Å². The van der Waals surface area contributed by atoms with Crippen molar-refractivity contribution in [1.82, 2.24) is 10.2 Å². The predicted octanol–water partition coefficient (Wildman–Crippen LogP) is 3.28. The Hall–Kier alpha value is -0.0800. The molecular weight excluding hydrogens is 220 g/mol. The molecule has 0 amide bonds. The summed E-state index contributed by atoms with van der Waals surface area (Å²) < 4.78 is 0. The molecule has 1 heterocycles. The molecule has 2 fully saturated rings. The SMILES string of the molecule is CCC(C)C1CNC(C)(CC)CN1CCC1CC1. The maximum atomic E-state index is 3.80. The summed E-state index contributed by atoms with van der Waals surface area (Å²) in [7, 11) is 0. The van der Waals surface area contributed by atoms with Gasteiger partial charge in [0.05, 0.1) is 0 Å². The van der Waals surface area contributed by atoms with Gasteiger partial charge in [-0.25, -0.2) is 0 Å². The highest BCUT2D eigenvalue weighted by Crippen LogP contribution is 2.33. The van der Waals surface area contributed by atoms with Gasteiger partial charge in [0, 0.05) is 24.7 Å². The minimum atomic E-state index is 0.341. The molecule has 1 saturated heterocycles. The van der Waals surface area contributed by atoms with Gasteiger partial charge in [-0.1, -0.05) is 40.0 Å². The van der Waals surface area contributed by atoms with Crippen LogP contribution in [-0.4, -0.2) is 36.1 Å². The number of hydrogen-bond donors (Lipinski definition) is 1. The molecule has 2 rings (SSSR count). The Kier molecular flexibility index (Phi) is 4.71. The first-order chi connectivity index (χ1) is 8.58. The average molecular weight is 252 g/mol. The Bertz CT molecular complexity index is 262. The van der Waals surface area contributed by atoms with E-state index in [1.54, 1.807) is 0 Å². The minimum absolute atomic E-state index is 0.341. The van der Waals surface area contributed by atoms with E-state index < -0.39 is 0 Å². The molecule has 0 aromatic rings. The van der Waals surface area contributed by atoms with Crippen molar-refractivity contribution in [2.75, 3.05) is 19.6 Å². The van der Waals surface area contributed by atoms with Crippen LogP contribution in [0.2, 0.25) is 0 Å². The van der Waals surface area contributed by atoms with E-state index in [0.717, 1.165) is 17.9 Å².